The average Bonchev–Trinajstić information content (AvgIpc) is 2.28. The van der Waals surface area contributed by atoms with Gasteiger partial charge in [0, 0.05) is 6.04 Å². The first-order valence-electron chi connectivity index (χ1n) is 6.30. The topological polar surface area (TPSA) is 35.8 Å². The van der Waals surface area contributed by atoms with Crippen LogP contribution in [-0.2, 0) is 0 Å². The van der Waals surface area contributed by atoms with Gasteiger partial charge >= 0.3 is 0 Å². The van der Waals surface area contributed by atoms with Gasteiger partial charge in [0.1, 0.15) is 6.07 Å². The molecule has 92 valence electrons. The van der Waals surface area contributed by atoms with E-state index in [0.717, 1.165) is 29.2 Å². The van der Waals surface area contributed by atoms with Gasteiger partial charge in [0.2, 0.25) is 0 Å². The Morgan fingerprint density at radius 2 is 1.94 bits per heavy atom. The second-order valence-electron chi connectivity index (χ2n) is 5.18. The molecule has 2 nitrogen and oxygen atoms in total. The zero-order chi connectivity index (χ0) is 12.8. The molecule has 0 spiro atoms. The van der Waals surface area contributed by atoms with Crippen LogP contribution in [0.2, 0.25) is 0 Å². The maximum absolute atomic E-state index is 9.08. The number of benzene rings is 1. The molecule has 0 fully saturated rings. The van der Waals surface area contributed by atoms with Crippen molar-refractivity contribution in [2.45, 2.75) is 46.6 Å². The number of nitrogens with one attached hydrogen (secondary N) is 1. The number of hydrogen-bond acceptors (Lipinski definition) is 2. The standard InChI is InChI=1S/C15H22N2/c1-11(2)5-7-13(4)17-15-8-6-12(3)9-14(15)10-16/h6,8-9,11,13,17H,5,7H2,1-4H3. The highest BCUT2D eigenvalue weighted by atomic mass is 14.9. The molecule has 0 amide bonds. The fourth-order valence-electron chi connectivity index (χ4n) is 1.80. The summed E-state index contributed by atoms with van der Waals surface area (Å²) < 4.78 is 0. The van der Waals surface area contributed by atoms with E-state index in [1.807, 2.05) is 25.1 Å². The maximum atomic E-state index is 9.08. The SMILES string of the molecule is Cc1ccc(NC(C)CCC(C)C)c(C#N)c1. The van der Waals surface area contributed by atoms with Gasteiger partial charge in [-0.15, -0.1) is 0 Å². The zero-order valence-corrected chi connectivity index (χ0v) is 11.2. The van der Waals surface area contributed by atoms with Crippen molar-refractivity contribution in [3.8, 4) is 6.07 Å². The molecular formula is C15H22N2. The van der Waals surface area contributed by atoms with Gasteiger partial charge in [-0.25, -0.2) is 0 Å². The Hall–Kier alpha value is -1.49. The van der Waals surface area contributed by atoms with Gasteiger partial charge in [-0.1, -0.05) is 19.9 Å². The molecule has 0 bridgehead atoms. The summed E-state index contributed by atoms with van der Waals surface area (Å²) in [6, 6.07) is 8.62. The first-order valence-corrected chi connectivity index (χ1v) is 6.30. The molecule has 1 N–H and O–H groups in total. The van der Waals surface area contributed by atoms with Crippen molar-refractivity contribution < 1.29 is 0 Å². The van der Waals surface area contributed by atoms with E-state index in [-0.39, 0.29) is 0 Å². The summed E-state index contributed by atoms with van der Waals surface area (Å²) in [6.07, 6.45) is 2.35. The van der Waals surface area contributed by atoms with Crippen LogP contribution < -0.4 is 5.32 Å². The summed E-state index contributed by atoms with van der Waals surface area (Å²) in [5.74, 6) is 0.729. The maximum Gasteiger partial charge on any atom is 0.101 e. The summed E-state index contributed by atoms with van der Waals surface area (Å²) in [6.45, 7) is 8.65. The van der Waals surface area contributed by atoms with Gasteiger partial charge in [-0.3, -0.25) is 0 Å². The Balaban J connectivity index is 2.65. The molecule has 0 heterocycles. The Labute approximate surface area is 105 Å². The van der Waals surface area contributed by atoms with E-state index in [4.69, 9.17) is 5.26 Å². The second kappa shape index (κ2) is 6.30. The van der Waals surface area contributed by atoms with Gasteiger partial charge in [-0.2, -0.15) is 5.26 Å². The van der Waals surface area contributed by atoms with Crippen LogP contribution in [0, 0.1) is 24.2 Å². The predicted molar refractivity (Wildman–Crippen MR) is 73.1 cm³/mol. The van der Waals surface area contributed by atoms with Crippen molar-refractivity contribution in [2.24, 2.45) is 5.92 Å². The molecule has 1 aromatic rings. The molecule has 1 aromatic carbocycles. The Bertz CT molecular complexity index is 402. The third kappa shape index (κ3) is 4.48. The van der Waals surface area contributed by atoms with Crippen LogP contribution in [0.4, 0.5) is 5.69 Å². The number of rotatable bonds is 5. The van der Waals surface area contributed by atoms with Crippen molar-refractivity contribution >= 4 is 5.69 Å². The van der Waals surface area contributed by atoms with E-state index in [0.29, 0.717) is 6.04 Å². The lowest BCUT2D eigenvalue weighted by Gasteiger charge is -2.17. The van der Waals surface area contributed by atoms with Crippen molar-refractivity contribution in [2.75, 3.05) is 5.32 Å². The van der Waals surface area contributed by atoms with Crippen LogP contribution in [0.5, 0.6) is 0 Å². The van der Waals surface area contributed by atoms with Crippen molar-refractivity contribution in [1.29, 1.82) is 5.26 Å². The third-order valence-electron chi connectivity index (χ3n) is 2.87. The lowest BCUT2D eigenvalue weighted by atomic mass is 10.0. The van der Waals surface area contributed by atoms with Crippen molar-refractivity contribution in [1.82, 2.24) is 0 Å². The van der Waals surface area contributed by atoms with Gasteiger partial charge in [0.05, 0.1) is 11.3 Å². The number of nitrogens with zero attached hydrogens (tertiary/aromatic N) is 1. The van der Waals surface area contributed by atoms with E-state index < -0.39 is 0 Å². The third-order valence-corrected chi connectivity index (χ3v) is 2.87. The van der Waals surface area contributed by atoms with E-state index >= 15 is 0 Å². The molecule has 0 aliphatic carbocycles. The molecule has 0 radical (unpaired) electrons. The summed E-state index contributed by atoms with van der Waals surface area (Å²) in [4.78, 5) is 0. The molecule has 0 aromatic heterocycles. The Kier molecular flexibility index (Phi) is 5.03. The highest BCUT2D eigenvalue weighted by Crippen LogP contribution is 2.19. The first-order chi connectivity index (χ1) is 8.02. The molecule has 1 unspecified atom stereocenters. The highest BCUT2D eigenvalue weighted by Gasteiger charge is 2.07. The lowest BCUT2D eigenvalue weighted by molar-refractivity contribution is 0.527. The molecule has 2 heteroatoms. The summed E-state index contributed by atoms with van der Waals surface area (Å²) >= 11 is 0. The van der Waals surface area contributed by atoms with Crippen molar-refractivity contribution in [3.63, 3.8) is 0 Å². The molecule has 1 atom stereocenters. The average molecular weight is 230 g/mol. The van der Waals surface area contributed by atoms with Gasteiger partial charge < -0.3 is 5.32 Å². The normalized spacial score (nSPS) is 12.2. The van der Waals surface area contributed by atoms with Crippen LogP contribution in [0.1, 0.15) is 44.7 Å². The van der Waals surface area contributed by atoms with Crippen LogP contribution in [0.3, 0.4) is 0 Å². The Morgan fingerprint density at radius 1 is 1.24 bits per heavy atom. The highest BCUT2D eigenvalue weighted by molar-refractivity contribution is 5.58. The van der Waals surface area contributed by atoms with E-state index in [9.17, 15) is 0 Å². The number of anilines is 1. The van der Waals surface area contributed by atoms with Gasteiger partial charge in [0.15, 0.2) is 0 Å². The summed E-state index contributed by atoms with van der Waals surface area (Å²) in [5.41, 5.74) is 2.82. The smallest absolute Gasteiger partial charge is 0.101 e. The number of aryl methyl sites for hydroxylation is 1. The minimum absolute atomic E-state index is 0.409. The minimum atomic E-state index is 0.409. The molecule has 17 heavy (non-hydrogen) atoms. The second-order valence-corrected chi connectivity index (χ2v) is 5.18. The van der Waals surface area contributed by atoms with E-state index in [1.165, 1.54) is 6.42 Å². The van der Waals surface area contributed by atoms with Crippen LogP contribution in [0.15, 0.2) is 18.2 Å². The number of nitriles is 1. The van der Waals surface area contributed by atoms with Crippen LogP contribution in [-0.4, -0.2) is 6.04 Å². The molecular weight excluding hydrogens is 208 g/mol. The monoisotopic (exact) mass is 230 g/mol. The quantitative estimate of drug-likeness (QED) is 0.826. The van der Waals surface area contributed by atoms with Gasteiger partial charge in [-0.05, 0) is 50.3 Å². The molecule has 1 rings (SSSR count). The van der Waals surface area contributed by atoms with Crippen LogP contribution in [0.25, 0.3) is 0 Å². The molecule has 0 aliphatic heterocycles. The fourth-order valence-corrected chi connectivity index (χ4v) is 1.80. The minimum Gasteiger partial charge on any atom is -0.382 e. The molecule has 0 aliphatic rings. The van der Waals surface area contributed by atoms with Crippen molar-refractivity contribution in [3.05, 3.63) is 29.3 Å². The van der Waals surface area contributed by atoms with Crippen LogP contribution >= 0.6 is 0 Å². The summed E-state index contributed by atoms with van der Waals surface area (Å²) in [7, 11) is 0. The number of hydrogen-bond donors (Lipinski definition) is 1. The van der Waals surface area contributed by atoms with Gasteiger partial charge in [0.25, 0.3) is 0 Å². The zero-order valence-electron chi connectivity index (χ0n) is 11.2. The predicted octanol–water partition coefficient (Wildman–Crippen LogP) is 4.10. The fraction of sp³-hybridized carbons (Fsp3) is 0.533. The lowest BCUT2D eigenvalue weighted by Crippen LogP contribution is -2.16. The molecule has 0 saturated heterocycles. The van der Waals surface area contributed by atoms with E-state index in [1.54, 1.807) is 0 Å². The van der Waals surface area contributed by atoms with E-state index in [2.05, 4.69) is 32.2 Å². The largest absolute Gasteiger partial charge is 0.382 e. The molecule has 0 saturated carbocycles. The first kappa shape index (κ1) is 13.6. The summed E-state index contributed by atoms with van der Waals surface area (Å²) in [5, 5.41) is 12.5. The Morgan fingerprint density at radius 3 is 2.53 bits per heavy atom.